The van der Waals surface area contributed by atoms with Crippen molar-refractivity contribution in [3.05, 3.63) is 11.5 Å². The Kier molecular flexibility index (Phi) is 25.6. The molecule has 30 heavy (non-hydrogen) atoms. The number of carbonyl (C=O) groups is 1. The van der Waals surface area contributed by atoms with E-state index in [1.165, 1.54) is 96.3 Å². The molecule has 0 fully saturated rings. The number of allylic oxidation sites excluding steroid dienone is 1. The van der Waals surface area contributed by atoms with Crippen molar-refractivity contribution in [3.63, 3.8) is 0 Å². The van der Waals surface area contributed by atoms with Gasteiger partial charge < -0.3 is 9.90 Å². The van der Waals surface area contributed by atoms with Crippen LogP contribution in [0, 0.1) is 0 Å². The largest absolute Gasteiger partial charge is 1.00 e. The molecule has 7 heteroatoms. The van der Waals surface area contributed by atoms with Gasteiger partial charge in [0.05, 0.1) is 12.5 Å². The Morgan fingerprint density at radius 1 is 0.733 bits per heavy atom. The van der Waals surface area contributed by atoms with Crippen LogP contribution in [0.4, 0.5) is 0 Å². The third-order valence-corrected chi connectivity index (χ3v) is 6.26. The van der Waals surface area contributed by atoms with Crippen LogP contribution in [0.2, 0.25) is 0 Å². The number of sulfonamides is 1. The molecular formula is C23H44NNaO4S. The Morgan fingerprint density at radius 3 is 1.47 bits per heavy atom. The van der Waals surface area contributed by atoms with E-state index in [4.69, 9.17) is 0 Å². The van der Waals surface area contributed by atoms with E-state index < -0.39 is 22.5 Å². The summed E-state index contributed by atoms with van der Waals surface area (Å²) in [5, 5.41) is 11.3. The van der Waals surface area contributed by atoms with Crippen LogP contribution in [0.5, 0.6) is 0 Å². The van der Waals surface area contributed by atoms with E-state index in [-0.39, 0.29) is 29.6 Å². The second-order valence-electron chi connectivity index (χ2n) is 8.06. The van der Waals surface area contributed by atoms with Crippen LogP contribution in [-0.2, 0) is 14.8 Å². The second kappa shape index (κ2) is 23.8. The van der Waals surface area contributed by atoms with E-state index in [0.29, 0.717) is 6.42 Å². The zero-order valence-electron chi connectivity index (χ0n) is 19.6. The minimum absolute atomic E-state index is 0. The van der Waals surface area contributed by atoms with Crippen molar-refractivity contribution in [2.45, 2.75) is 122 Å². The van der Waals surface area contributed by atoms with Crippen molar-refractivity contribution < 1.29 is 47.9 Å². The molecule has 0 aliphatic rings. The Bertz CT molecular complexity index is 509. The molecule has 5 nitrogen and oxygen atoms in total. The van der Waals surface area contributed by atoms with E-state index in [1.807, 2.05) is 4.72 Å². The second-order valence-corrected chi connectivity index (χ2v) is 9.71. The molecule has 0 spiro atoms. The number of rotatable bonds is 22. The summed E-state index contributed by atoms with van der Waals surface area (Å²) in [4.78, 5) is 10.2. The third kappa shape index (κ3) is 26.2. The van der Waals surface area contributed by atoms with Gasteiger partial charge in [-0.15, -0.1) is 0 Å². The smallest absolute Gasteiger partial charge is 0.549 e. The van der Waals surface area contributed by atoms with E-state index in [1.54, 1.807) is 6.08 Å². The van der Waals surface area contributed by atoms with Crippen molar-refractivity contribution in [2.24, 2.45) is 0 Å². The summed E-state index contributed by atoms with van der Waals surface area (Å²) in [6.07, 6.45) is 24.8. The van der Waals surface area contributed by atoms with Crippen molar-refractivity contribution in [3.8, 4) is 0 Å². The van der Waals surface area contributed by atoms with Gasteiger partial charge in [-0.25, -0.2) is 13.1 Å². The summed E-state index contributed by atoms with van der Waals surface area (Å²) >= 11 is 0. The fraction of sp³-hybridized carbons (Fsp3) is 0.870. The van der Waals surface area contributed by atoms with Crippen molar-refractivity contribution in [1.29, 1.82) is 0 Å². The minimum atomic E-state index is -3.65. The summed E-state index contributed by atoms with van der Waals surface area (Å²) < 4.78 is 24.8. The number of carbonyl (C=O) groups excluding carboxylic acids is 1. The summed E-state index contributed by atoms with van der Waals surface area (Å²) in [5.74, 6) is -1.44. The van der Waals surface area contributed by atoms with Crippen LogP contribution in [0.15, 0.2) is 11.5 Å². The molecule has 0 aliphatic heterocycles. The predicted octanol–water partition coefficient (Wildman–Crippen LogP) is 2.22. The molecule has 0 heterocycles. The van der Waals surface area contributed by atoms with Crippen LogP contribution in [0.1, 0.15) is 122 Å². The van der Waals surface area contributed by atoms with Crippen LogP contribution in [-0.4, -0.2) is 20.9 Å². The van der Waals surface area contributed by atoms with Gasteiger partial charge in [0, 0.05) is 5.41 Å². The van der Waals surface area contributed by atoms with Gasteiger partial charge in [-0.2, -0.15) is 0 Å². The predicted molar refractivity (Wildman–Crippen MR) is 120 cm³/mol. The molecular weight excluding hydrogens is 409 g/mol. The molecule has 1 N–H and O–H groups in total. The molecule has 0 radical (unpaired) electrons. The summed E-state index contributed by atoms with van der Waals surface area (Å²) in [5.41, 5.74) is 0. The van der Waals surface area contributed by atoms with Crippen LogP contribution in [0.25, 0.3) is 0 Å². The molecule has 172 valence electrons. The molecule has 0 rings (SSSR count). The standard InChI is InChI=1S/C23H45NO4S.Na/c1-2-3-4-5-6-7-8-9-10-11-12-13-14-15-16-17-18-19-20-21-29(27,28)24-22-23(25)26;/h20-21,24H,2-19,22H2,1H3,(H,25,26);/q;+1/p-1/b21-20+;. The Labute approximate surface area is 208 Å². The van der Waals surface area contributed by atoms with E-state index in [9.17, 15) is 18.3 Å². The van der Waals surface area contributed by atoms with E-state index in [0.717, 1.165) is 18.2 Å². The quantitative estimate of drug-likeness (QED) is 0.201. The molecule has 0 saturated heterocycles. The van der Waals surface area contributed by atoms with Crippen LogP contribution < -0.4 is 39.4 Å². The zero-order chi connectivity index (χ0) is 21.6. The van der Waals surface area contributed by atoms with Gasteiger partial charge in [0.25, 0.3) is 0 Å². The summed E-state index contributed by atoms with van der Waals surface area (Å²) in [6.45, 7) is 1.58. The number of aliphatic carboxylic acids is 1. The Morgan fingerprint density at radius 2 is 1.10 bits per heavy atom. The maximum absolute atomic E-state index is 11.4. The number of carboxylic acids is 1. The van der Waals surface area contributed by atoms with Crippen molar-refractivity contribution in [2.75, 3.05) is 6.54 Å². The first kappa shape index (κ1) is 32.3. The first-order valence-corrected chi connectivity index (χ1v) is 13.4. The number of carboxylic acid groups (broad SMARTS) is 1. The number of hydrogen-bond acceptors (Lipinski definition) is 4. The van der Waals surface area contributed by atoms with Crippen LogP contribution in [0.3, 0.4) is 0 Å². The average Bonchev–Trinajstić information content (AvgIpc) is 2.68. The number of nitrogens with one attached hydrogen (secondary N) is 1. The maximum atomic E-state index is 11.4. The fourth-order valence-electron chi connectivity index (χ4n) is 3.39. The van der Waals surface area contributed by atoms with Gasteiger partial charge in [-0.05, 0) is 12.8 Å². The summed E-state index contributed by atoms with van der Waals surface area (Å²) in [7, 11) is -3.65. The average molecular weight is 454 g/mol. The molecule has 0 bridgehead atoms. The molecule has 0 amide bonds. The topological polar surface area (TPSA) is 86.3 Å². The zero-order valence-corrected chi connectivity index (χ0v) is 22.4. The molecule has 0 aromatic heterocycles. The molecule has 0 unspecified atom stereocenters. The van der Waals surface area contributed by atoms with E-state index >= 15 is 0 Å². The van der Waals surface area contributed by atoms with Gasteiger partial charge in [0.1, 0.15) is 0 Å². The SMILES string of the molecule is CCCCCCCCCCCCCCCCCCC/C=C/S(=O)(=O)NCC(=O)[O-].[Na+]. The van der Waals surface area contributed by atoms with Crippen LogP contribution >= 0.6 is 0 Å². The minimum Gasteiger partial charge on any atom is -0.549 e. The third-order valence-electron chi connectivity index (χ3n) is 5.17. The Hall–Kier alpha value is 0.120. The van der Waals surface area contributed by atoms with Crippen molar-refractivity contribution >= 4 is 16.0 Å². The Balaban J connectivity index is 0. The first-order valence-electron chi connectivity index (χ1n) is 11.8. The van der Waals surface area contributed by atoms with Gasteiger partial charge in [0.15, 0.2) is 0 Å². The van der Waals surface area contributed by atoms with Gasteiger partial charge in [-0.1, -0.05) is 116 Å². The van der Waals surface area contributed by atoms with Crippen molar-refractivity contribution in [1.82, 2.24) is 4.72 Å². The fourth-order valence-corrected chi connectivity index (χ4v) is 4.19. The number of unbranched alkanes of at least 4 members (excludes halogenated alkanes) is 17. The summed E-state index contributed by atoms with van der Waals surface area (Å²) in [6, 6.07) is 0. The van der Waals surface area contributed by atoms with Gasteiger partial charge in [0.2, 0.25) is 10.0 Å². The molecule has 0 aromatic carbocycles. The first-order chi connectivity index (χ1) is 14.0. The molecule has 0 saturated carbocycles. The maximum Gasteiger partial charge on any atom is 1.00 e. The van der Waals surface area contributed by atoms with E-state index in [2.05, 4.69) is 6.92 Å². The molecule has 0 atom stereocenters. The van der Waals surface area contributed by atoms with Gasteiger partial charge >= 0.3 is 29.6 Å². The normalized spacial score (nSPS) is 11.6. The molecule has 0 aromatic rings. The monoisotopic (exact) mass is 453 g/mol. The van der Waals surface area contributed by atoms with Gasteiger partial charge in [-0.3, -0.25) is 0 Å². The molecule has 0 aliphatic carbocycles. The number of hydrogen-bond donors (Lipinski definition) is 1.